The molecule has 2 amide bonds. The molecule has 0 saturated carbocycles. The lowest BCUT2D eigenvalue weighted by atomic mass is 9.93. The highest BCUT2D eigenvalue weighted by Crippen LogP contribution is 2.18. The lowest BCUT2D eigenvalue weighted by Crippen LogP contribution is -2.36. The Balaban J connectivity index is 1.49. The fraction of sp³-hybridized carbons (Fsp3) is 0.320. The molecule has 9 heteroatoms. The van der Waals surface area contributed by atoms with Gasteiger partial charge < -0.3 is 21.3 Å². The fourth-order valence-electron chi connectivity index (χ4n) is 3.18. The van der Waals surface area contributed by atoms with Gasteiger partial charge in [-0.25, -0.2) is 0 Å². The van der Waals surface area contributed by atoms with Crippen molar-refractivity contribution in [2.75, 3.05) is 13.1 Å². The van der Waals surface area contributed by atoms with Crippen molar-refractivity contribution in [3.05, 3.63) is 71.1 Å². The summed E-state index contributed by atoms with van der Waals surface area (Å²) in [4.78, 5) is 32.7. The molecule has 34 heavy (non-hydrogen) atoms. The van der Waals surface area contributed by atoms with Crippen LogP contribution in [0.4, 0.5) is 0 Å². The highest BCUT2D eigenvalue weighted by molar-refractivity contribution is 6.08. The summed E-state index contributed by atoms with van der Waals surface area (Å²) in [7, 11) is 0. The second-order valence-corrected chi connectivity index (χ2v) is 8.93. The van der Waals surface area contributed by atoms with E-state index in [1.807, 2.05) is 45.0 Å². The third-order valence-electron chi connectivity index (χ3n) is 5.25. The number of nitrogens with two attached hydrogens (primary N) is 2. The number of nitrogens with zero attached hydrogens (tertiary/aromatic N) is 3. The first kappa shape index (κ1) is 24.6. The van der Waals surface area contributed by atoms with Crippen LogP contribution in [-0.4, -0.2) is 40.9 Å². The van der Waals surface area contributed by atoms with Gasteiger partial charge >= 0.3 is 0 Å². The first-order chi connectivity index (χ1) is 16.1. The minimum absolute atomic E-state index is 0.126. The summed E-state index contributed by atoms with van der Waals surface area (Å²) in [6.07, 6.45) is 0.573. The van der Waals surface area contributed by atoms with E-state index in [2.05, 4.69) is 20.4 Å². The minimum Gasteiger partial charge on any atom is -0.383 e. The van der Waals surface area contributed by atoms with Crippen LogP contribution >= 0.6 is 0 Å². The molecule has 0 spiro atoms. The van der Waals surface area contributed by atoms with E-state index in [0.717, 1.165) is 11.1 Å². The number of primary amides is 1. The average molecular weight is 463 g/mol. The standard InChI is InChI=1S/C25H30N6O3/c1-16-8-10-17(11-9-16)24-30-21(34-31-24)13-12-20(32)28-14-25(2,3)15-29-22(26)18-6-4-5-7-19(18)23(27)33/h4-11H,12-15H2,1-3H3,(H2,26,29)(H2,27,33)(H,28,32). The Morgan fingerprint density at radius 3 is 2.41 bits per heavy atom. The number of rotatable bonds is 10. The van der Waals surface area contributed by atoms with Crippen LogP contribution < -0.4 is 16.8 Å². The van der Waals surface area contributed by atoms with Gasteiger partial charge in [0.25, 0.3) is 0 Å². The van der Waals surface area contributed by atoms with Crippen LogP contribution in [0, 0.1) is 12.3 Å². The first-order valence-corrected chi connectivity index (χ1v) is 11.0. The van der Waals surface area contributed by atoms with E-state index >= 15 is 0 Å². The number of benzene rings is 2. The van der Waals surface area contributed by atoms with E-state index in [1.54, 1.807) is 24.3 Å². The molecule has 0 atom stereocenters. The van der Waals surface area contributed by atoms with Gasteiger partial charge in [-0.1, -0.05) is 67.0 Å². The van der Waals surface area contributed by atoms with Crippen molar-refractivity contribution >= 4 is 17.6 Å². The van der Waals surface area contributed by atoms with Crippen molar-refractivity contribution in [3.63, 3.8) is 0 Å². The van der Waals surface area contributed by atoms with Crippen LogP contribution in [-0.2, 0) is 11.2 Å². The topological polar surface area (TPSA) is 149 Å². The van der Waals surface area contributed by atoms with Crippen LogP contribution in [0.25, 0.3) is 11.4 Å². The van der Waals surface area contributed by atoms with Gasteiger partial charge in [0.05, 0.1) is 0 Å². The Labute approximate surface area is 198 Å². The molecule has 0 saturated heterocycles. The van der Waals surface area contributed by atoms with Gasteiger partial charge in [-0.2, -0.15) is 4.98 Å². The molecule has 0 bridgehead atoms. The molecule has 0 radical (unpaired) electrons. The van der Waals surface area contributed by atoms with Crippen molar-refractivity contribution in [1.82, 2.24) is 15.5 Å². The summed E-state index contributed by atoms with van der Waals surface area (Å²) in [5.41, 5.74) is 14.0. The number of hydrogen-bond donors (Lipinski definition) is 3. The quantitative estimate of drug-likeness (QED) is 0.311. The summed E-state index contributed by atoms with van der Waals surface area (Å²) >= 11 is 0. The van der Waals surface area contributed by atoms with Crippen molar-refractivity contribution in [1.29, 1.82) is 0 Å². The highest BCUT2D eigenvalue weighted by Gasteiger charge is 2.20. The molecule has 1 heterocycles. The number of hydrogen-bond acceptors (Lipinski definition) is 6. The SMILES string of the molecule is Cc1ccc(-c2noc(CCC(=O)NCC(C)(C)CN=C(N)c3ccccc3C(N)=O)n2)cc1. The molecule has 0 aliphatic carbocycles. The fourth-order valence-corrected chi connectivity index (χ4v) is 3.18. The zero-order chi connectivity index (χ0) is 24.7. The van der Waals surface area contributed by atoms with Gasteiger partial charge in [-0.3, -0.25) is 14.6 Å². The maximum atomic E-state index is 12.3. The number of carbonyl (C=O) groups is 2. The third-order valence-corrected chi connectivity index (χ3v) is 5.25. The highest BCUT2D eigenvalue weighted by atomic mass is 16.5. The summed E-state index contributed by atoms with van der Waals surface area (Å²) in [5.74, 6) is 0.460. The minimum atomic E-state index is -0.562. The number of amides is 2. The van der Waals surface area contributed by atoms with Crippen molar-refractivity contribution in [2.45, 2.75) is 33.6 Å². The molecular formula is C25H30N6O3. The van der Waals surface area contributed by atoms with E-state index in [4.69, 9.17) is 16.0 Å². The van der Waals surface area contributed by atoms with Gasteiger partial charge in [0.15, 0.2) is 0 Å². The van der Waals surface area contributed by atoms with E-state index in [-0.39, 0.29) is 23.6 Å². The van der Waals surface area contributed by atoms with Gasteiger partial charge in [-0.05, 0) is 13.0 Å². The molecule has 5 N–H and O–H groups in total. The van der Waals surface area contributed by atoms with E-state index in [0.29, 0.717) is 42.4 Å². The average Bonchev–Trinajstić information content (AvgIpc) is 3.29. The second kappa shape index (κ2) is 10.7. The smallest absolute Gasteiger partial charge is 0.249 e. The molecule has 0 unspecified atom stereocenters. The largest absolute Gasteiger partial charge is 0.383 e. The molecule has 0 aliphatic rings. The van der Waals surface area contributed by atoms with E-state index in [1.165, 1.54) is 0 Å². The van der Waals surface area contributed by atoms with Crippen molar-refractivity contribution < 1.29 is 14.1 Å². The number of aryl methyl sites for hydroxylation is 2. The Morgan fingerprint density at radius 1 is 1.06 bits per heavy atom. The zero-order valence-corrected chi connectivity index (χ0v) is 19.7. The van der Waals surface area contributed by atoms with Gasteiger partial charge in [0, 0.05) is 48.0 Å². The van der Waals surface area contributed by atoms with Crippen LogP contribution in [0.1, 0.15) is 47.6 Å². The first-order valence-electron chi connectivity index (χ1n) is 11.0. The molecular weight excluding hydrogens is 432 g/mol. The molecule has 0 fully saturated rings. The molecule has 178 valence electrons. The zero-order valence-electron chi connectivity index (χ0n) is 19.7. The molecule has 3 rings (SSSR count). The third kappa shape index (κ3) is 6.74. The van der Waals surface area contributed by atoms with E-state index in [9.17, 15) is 9.59 Å². The molecule has 2 aromatic carbocycles. The van der Waals surface area contributed by atoms with Crippen LogP contribution in [0.5, 0.6) is 0 Å². The maximum absolute atomic E-state index is 12.3. The summed E-state index contributed by atoms with van der Waals surface area (Å²) in [6.45, 7) is 6.70. The lowest BCUT2D eigenvalue weighted by molar-refractivity contribution is -0.121. The molecule has 1 aromatic heterocycles. The van der Waals surface area contributed by atoms with Crippen molar-refractivity contribution in [3.8, 4) is 11.4 Å². The van der Waals surface area contributed by atoms with Gasteiger partial charge in [-0.15, -0.1) is 0 Å². The Kier molecular flexibility index (Phi) is 7.78. The normalized spacial score (nSPS) is 11.9. The predicted molar refractivity (Wildman–Crippen MR) is 130 cm³/mol. The van der Waals surface area contributed by atoms with E-state index < -0.39 is 5.91 Å². The number of nitrogens with one attached hydrogen (secondary N) is 1. The summed E-state index contributed by atoms with van der Waals surface area (Å²) < 4.78 is 5.27. The predicted octanol–water partition coefficient (Wildman–Crippen LogP) is 2.62. The lowest BCUT2D eigenvalue weighted by Gasteiger charge is -2.23. The molecule has 9 nitrogen and oxygen atoms in total. The van der Waals surface area contributed by atoms with Gasteiger partial charge in [0.2, 0.25) is 23.5 Å². The Bertz CT molecular complexity index is 1180. The number of amidine groups is 1. The molecule has 0 aliphatic heterocycles. The second-order valence-electron chi connectivity index (χ2n) is 8.93. The van der Waals surface area contributed by atoms with Crippen LogP contribution in [0.15, 0.2) is 58.0 Å². The number of aromatic nitrogens is 2. The number of carbonyl (C=O) groups excluding carboxylic acids is 2. The number of aliphatic imine (C=N–C) groups is 1. The monoisotopic (exact) mass is 462 g/mol. The molecule has 3 aromatic rings. The van der Waals surface area contributed by atoms with Gasteiger partial charge in [0.1, 0.15) is 5.84 Å². The summed E-state index contributed by atoms with van der Waals surface area (Å²) in [5, 5.41) is 6.91. The summed E-state index contributed by atoms with van der Waals surface area (Å²) in [6, 6.07) is 14.6. The van der Waals surface area contributed by atoms with Crippen LogP contribution in [0.2, 0.25) is 0 Å². The van der Waals surface area contributed by atoms with Crippen molar-refractivity contribution in [2.24, 2.45) is 21.9 Å². The Hall–Kier alpha value is -4.01. The van der Waals surface area contributed by atoms with Crippen LogP contribution in [0.3, 0.4) is 0 Å². The maximum Gasteiger partial charge on any atom is 0.249 e. The Morgan fingerprint density at radius 2 is 1.74 bits per heavy atom.